The molecule has 1 aliphatic carbocycles. The van der Waals surface area contributed by atoms with Gasteiger partial charge in [0.25, 0.3) is 0 Å². The van der Waals surface area contributed by atoms with Gasteiger partial charge in [-0.15, -0.1) is 0 Å². The Balaban J connectivity index is 2.19. The molecule has 0 aromatic heterocycles. The van der Waals surface area contributed by atoms with Gasteiger partial charge in [-0.1, -0.05) is 13.8 Å². The lowest BCUT2D eigenvalue weighted by Crippen LogP contribution is -2.44. The highest BCUT2D eigenvalue weighted by molar-refractivity contribution is 5.67. The van der Waals surface area contributed by atoms with Crippen molar-refractivity contribution >= 4 is 6.09 Å². The molecule has 4 heteroatoms. The number of nitrogens with zero attached hydrogens (tertiary/aromatic N) is 1. The van der Waals surface area contributed by atoms with Crippen LogP contribution in [0.2, 0.25) is 0 Å². The molecule has 1 rings (SSSR count). The maximum atomic E-state index is 11.8. The monoisotopic (exact) mass is 270 g/mol. The van der Waals surface area contributed by atoms with Gasteiger partial charge in [0.2, 0.25) is 0 Å². The lowest BCUT2D eigenvalue weighted by molar-refractivity contribution is 0.0275. The standard InChI is InChI=1S/C15H30N2O2/c1-11-7-13(8-11)16-9-12(2)10-17(6)14(18)19-15(3,4)5/h11-13,16H,7-10H2,1-6H3. The molecule has 0 aromatic carbocycles. The van der Waals surface area contributed by atoms with E-state index >= 15 is 0 Å². The van der Waals surface area contributed by atoms with E-state index in [1.807, 2.05) is 20.8 Å². The molecule has 112 valence electrons. The Morgan fingerprint density at radius 2 is 2.00 bits per heavy atom. The largest absolute Gasteiger partial charge is 0.444 e. The van der Waals surface area contributed by atoms with Crippen molar-refractivity contribution in [2.75, 3.05) is 20.1 Å². The minimum Gasteiger partial charge on any atom is -0.444 e. The highest BCUT2D eigenvalue weighted by Crippen LogP contribution is 2.26. The van der Waals surface area contributed by atoms with Gasteiger partial charge >= 0.3 is 6.09 Å². The van der Waals surface area contributed by atoms with Gasteiger partial charge in [-0.2, -0.15) is 0 Å². The zero-order valence-electron chi connectivity index (χ0n) is 13.3. The molecule has 1 amide bonds. The molecule has 1 atom stereocenters. The van der Waals surface area contributed by atoms with Crippen molar-refractivity contribution in [3.05, 3.63) is 0 Å². The third kappa shape index (κ3) is 6.28. The molecule has 0 aromatic rings. The van der Waals surface area contributed by atoms with Gasteiger partial charge in [-0.25, -0.2) is 4.79 Å². The zero-order valence-corrected chi connectivity index (χ0v) is 13.3. The van der Waals surface area contributed by atoms with E-state index in [9.17, 15) is 4.79 Å². The van der Waals surface area contributed by atoms with Crippen LogP contribution in [0.1, 0.15) is 47.5 Å². The first kappa shape index (κ1) is 16.3. The molecule has 19 heavy (non-hydrogen) atoms. The van der Waals surface area contributed by atoms with Crippen LogP contribution in [0.3, 0.4) is 0 Å². The van der Waals surface area contributed by atoms with Crippen LogP contribution in [0.15, 0.2) is 0 Å². The van der Waals surface area contributed by atoms with Crippen LogP contribution in [0.25, 0.3) is 0 Å². The van der Waals surface area contributed by atoms with Gasteiger partial charge in [-0.3, -0.25) is 0 Å². The van der Waals surface area contributed by atoms with Crippen LogP contribution in [-0.4, -0.2) is 42.8 Å². The van der Waals surface area contributed by atoms with E-state index in [0.717, 1.165) is 19.0 Å². The van der Waals surface area contributed by atoms with Gasteiger partial charge in [0.15, 0.2) is 0 Å². The third-order valence-electron chi connectivity index (χ3n) is 3.42. The van der Waals surface area contributed by atoms with Crippen molar-refractivity contribution < 1.29 is 9.53 Å². The summed E-state index contributed by atoms with van der Waals surface area (Å²) in [5, 5.41) is 3.56. The summed E-state index contributed by atoms with van der Waals surface area (Å²) in [6.07, 6.45) is 2.33. The molecule has 0 heterocycles. The van der Waals surface area contributed by atoms with E-state index in [4.69, 9.17) is 4.74 Å². The van der Waals surface area contributed by atoms with Crippen molar-refractivity contribution in [1.82, 2.24) is 10.2 Å². The molecular formula is C15H30N2O2. The topological polar surface area (TPSA) is 41.6 Å². The second-order valence-corrected chi connectivity index (χ2v) is 7.15. The Bertz CT molecular complexity index is 293. The molecule has 1 N–H and O–H groups in total. The first-order valence-corrected chi connectivity index (χ1v) is 7.35. The quantitative estimate of drug-likeness (QED) is 0.835. The molecule has 1 unspecified atom stereocenters. The summed E-state index contributed by atoms with van der Waals surface area (Å²) in [4.78, 5) is 13.5. The molecule has 0 spiro atoms. The van der Waals surface area contributed by atoms with Crippen LogP contribution >= 0.6 is 0 Å². The maximum Gasteiger partial charge on any atom is 0.410 e. The Kier molecular flexibility index (Phi) is 5.65. The average Bonchev–Trinajstić information content (AvgIpc) is 2.20. The molecular weight excluding hydrogens is 240 g/mol. The number of nitrogens with one attached hydrogen (secondary N) is 1. The lowest BCUT2D eigenvalue weighted by Gasteiger charge is -2.34. The summed E-state index contributed by atoms with van der Waals surface area (Å²) in [5.74, 6) is 1.31. The van der Waals surface area contributed by atoms with Crippen molar-refractivity contribution in [3.63, 3.8) is 0 Å². The van der Waals surface area contributed by atoms with Gasteiger partial charge in [0.1, 0.15) is 5.60 Å². The number of amides is 1. The van der Waals surface area contributed by atoms with Gasteiger partial charge in [0, 0.05) is 19.6 Å². The first-order chi connectivity index (χ1) is 8.67. The fraction of sp³-hybridized carbons (Fsp3) is 0.933. The van der Waals surface area contributed by atoms with Gasteiger partial charge in [0.05, 0.1) is 0 Å². The van der Waals surface area contributed by atoms with Crippen molar-refractivity contribution in [2.45, 2.75) is 59.1 Å². The second kappa shape index (κ2) is 6.60. The molecule has 0 aliphatic heterocycles. The highest BCUT2D eigenvalue weighted by atomic mass is 16.6. The minimum atomic E-state index is -0.422. The summed E-state index contributed by atoms with van der Waals surface area (Å²) >= 11 is 0. The van der Waals surface area contributed by atoms with Gasteiger partial charge in [-0.05, 0) is 52.0 Å². The van der Waals surface area contributed by atoms with E-state index < -0.39 is 5.60 Å². The average molecular weight is 270 g/mol. The van der Waals surface area contributed by atoms with Crippen LogP contribution in [-0.2, 0) is 4.74 Å². The van der Waals surface area contributed by atoms with Crippen molar-refractivity contribution in [1.29, 1.82) is 0 Å². The second-order valence-electron chi connectivity index (χ2n) is 7.15. The Hall–Kier alpha value is -0.770. The fourth-order valence-corrected chi connectivity index (χ4v) is 2.38. The van der Waals surface area contributed by atoms with E-state index in [1.54, 1.807) is 11.9 Å². The summed E-state index contributed by atoms with van der Waals surface area (Å²) in [6, 6.07) is 0.685. The molecule has 0 radical (unpaired) electrons. The SMILES string of the molecule is CC1CC(NCC(C)CN(C)C(=O)OC(C)(C)C)C1. The van der Waals surface area contributed by atoms with E-state index in [1.165, 1.54) is 12.8 Å². The fourth-order valence-electron chi connectivity index (χ4n) is 2.38. The summed E-state index contributed by atoms with van der Waals surface area (Å²) in [6.45, 7) is 11.8. The van der Waals surface area contributed by atoms with E-state index in [-0.39, 0.29) is 6.09 Å². The van der Waals surface area contributed by atoms with Crippen molar-refractivity contribution in [2.24, 2.45) is 11.8 Å². The number of rotatable bonds is 5. The summed E-state index contributed by atoms with van der Waals surface area (Å²) in [5.41, 5.74) is -0.422. The van der Waals surface area contributed by atoms with Gasteiger partial charge < -0.3 is 15.0 Å². The van der Waals surface area contributed by atoms with E-state index in [2.05, 4.69) is 19.2 Å². The first-order valence-electron chi connectivity index (χ1n) is 7.35. The number of hydrogen-bond donors (Lipinski definition) is 1. The van der Waals surface area contributed by atoms with Crippen LogP contribution in [0.4, 0.5) is 4.79 Å². The maximum absolute atomic E-state index is 11.8. The van der Waals surface area contributed by atoms with Crippen LogP contribution < -0.4 is 5.32 Å². The molecule has 0 saturated heterocycles. The smallest absolute Gasteiger partial charge is 0.410 e. The van der Waals surface area contributed by atoms with Crippen LogP contribution in [0.5, 0.6) is 0 Å². The Morgan fingerprint density at radius 1 is 1.42 bits per heavy atom. The van der Waals surface area contributed by atoms with Crippen LogP contribution in [0, 0.1) is 11.8 Å². The number of carbonyl (C=O) groups excluding carboxylic acids is 1. The molecule has 4 nitrogen and oxygen atoms in total. The number of hydrogen-bond acceptors (Lipinski definition) is 3. The molecule has 1 fully saturated rings. The third-order valence-corrected chi connectivity index (χ3v) is 3.42. The predicted molar refractivity (Wildman–Crippen MR) is 78.2 cm³/mol. The highest BCUT2D eigenvalue weighted by Gasteiger charge is 2.25. The predicted octanol–water partition coefficient (Wildman–Crippen LogP) is 2.88. The summed E-state index contributed by atoms with van der Waals surface area (Å²) in [7, 11) is 1.80. The number of ether oxygens (including phenoxy) is 1. The Morgan fingerprint density at radius 3 is 2.47 bits per heavy atom. The summed E-state index contributed by atoms with van der Waals surface area (Å²) < 4.78 is 5.34. The number of carbonyl (C=O) groups is 1. The van der Waals surface area contributed by atoms with E-state index in [0.29, 0.717) is 12.0 Å². The molecule has 1 aliphatic rings. The zero-order chi connectivity index (χ0) is 14.6. The lowest BCUT2D eigenvalue weighted by atomic mass is 9.82. The normalized spacial score (nSPS) is 24.5. The minimum absolute atomic E-state index is 0.239. The Labute approximate surface area is 117 Å². The van der Waals surface area contributed by atoms with Crippen molar-refractivity contribution in [3.8, 4) is 0 Å². The molecule has 1 saturated carbocycles. The molecule has 0 bridgehead atoms.